The quantitative estimate of drug-likeness (QED) is 0.588. The van der Waals surface area contributed by atoms with Crippen LogP contribution >= 0.6 is 15.9 Å². The zero-order chi connectivity index (χ0) is 14.5. The summed E-state index contributed by atoms with van der Waals surface area (Å²) in [6, 6.07) is 5.43. The molecule has 2 unspecified atom stereocenters. The van der Waals surface area contributed by atoms with Crippen LogP contribution in [0.1, 0.15) is 23.7 Å². The Hall–Kier alpha value is -0.910. The summed E-state index contributed by atoms with van der Waals surface area (Å²) in [5.74, 6) is 0.815. The first-order valence-corrected chi connectivity index (χ1v) is 7.50. The molecule has 2 atom stereocenters. The fourth-order valence-corrected chi connectivity index (χ4v) is 2.79. The lowest BCUT2D eigenvalue weighted by molar-refractivity contribution is 0.0764. The smallest absolute Gasteiger partial charge is 0.168 e. The molecule has 5 heteroatoms. The molecule has 0 amide bonds. The molecule has 0 spiro atoms. The summed E-state index contributed by atoms with van der Waals surface area (Å²) >= 11 is 3.44. The number of benzene rings is 1. The molecule has 1 fully saturated rings. The summed E-state index contributed by atoms with van der Waals surface area (Å²) in [6.45, 7) is 3.63. The summed E-state index contributed by atoms with van der Waals surface area (Å²) in [4.78, 5) is 12.4. The molecule has 0 saturated carbocycles. The molecule has 20 heavy (non-hydrogen) atoms. The van der Waals surface area contributed by atoms with Crippen molar-refractivity contribution in [2.75, 3.05) is 26.9 Å². The van der Waals surface area contributed by atoms with E-state index in [2.05, 4.69) is 15.9 Å². The van der Waals surface area contributed by atoms with Gasteiger partial charge in [0.05, 0.1) is 23.1 Å². The molecule has 1 aliphatic rings. The summed E-state index contributed by atoms with van der Waals surface area (Å²) in [5, 5.41) is 0. The third-order valence-electron chi connectivity index (χ3n) is 3.47. The first kappa shape index (κ1) is 15.5. The highest BCUT2D eigenvalue weighted by atomic mass is 79.9. The zero-order valence-electron chi connectivity index (χ0n) is 11.7. The summed E-state index contributed by atoms with van der Waals surface area (Å²) in [7, 11) is 1.63. The van der Waals surface area contributed by atoms with E-state index in [9.17, 15) is 4.79 Å². The van der Waals surface area contributed by atoms with Crippen molar-refractivity contribution in [3.05, 3.63) is 28.2 Å². The molecule has 1 heterocycles. The molecule has 1 aliphatic heterocycles. The van der Waals surface area contributed by atoms with Crippen molar-refractivity contribution >= 4 is 21.7 Å². The second-order valence-corrected chi connectivity index (χ2v) is 5.68. The van der Waals surface area contributed by atoms with E-state index in [0.717, 1.165) is 10.9 Å². The third-order valence-corrected chi connectivity index (χ3v) is 4.09. The van der Waals surface area contributed by atoms with Crippen LogP contribution in [-0.4, -0.2) is 38.8 Å². The second kappa shape index (κ2) is 7.20. The molecule has 0 bridgehead atoms. The number of ketones is 1. The number of methoxy groups -OCH3 is 1. The Morgan fingerprint density at radius 2 is 2.25 bits per heavy atom. The van der Waals surface area contributed by atoms with Crippen LogP contribution in [0.3, 0.4) is 0 Å². The Balaban J connectivity index is 2.06. The Kier molecular flexibility index (Phi) is 5.57. The Morgan fingerprint density at radius 3 is 2.85 bits per heavy atom. The number of halogens is 1. The molecule has 0 aromatic heterocycles. The monoisotopic (exact) mass is 342 g/mol. The van der Waals surface area contributed by atoms with Crippen molar-refractivity contribution < 1.29 is 19.0 Å². The van der Waals surface area contributed by atoms with Crippen LogP contribution in [0.2, 0.25) is 0 Å². The van der Waals surface area contributed by atoms with Crippen LogP contribution in [0.25, 0.3) is 0 Å². The zero-order valence-corrected chi connectivity index (χ0v) is 13.3. The van der Waals surface area contributed by atoms with Crippen molar-refractivity contribution in [3.63, 3.8) is 0 Å². The van der Waals surface area contributed by atoms with E-state index in [1.165, 1.54) is 0 Å². The highest BCUT2D eigenvalue weighted by molar-refractivity contribution is 9.10. The highest BCUT2D eigenvalue weighted by Crippen LogP contribution is 2.30. The van der Waals surface area contributed by atoms with E-state index in [-0.39, 0.29) is 17.8 Å². The van der Waals surface area contributed by atoms with Gasteiger partial charge >= 0.3 is 0 Å². The van der Waals surface area contributed by atoms with Crippen LogP contribution in [0.4, 0.5) is 0 Å². The first-order valence-electron chi connectivity index (χ1n) is 6.70. The number of Topliss-reactive ketones (excluding diaryl/α,β-unsaturated/α-hetero) is 1. The summed E-state index contributed by atoms with van der Waals surface area (Å²) in [5.41, 5.74) is 0.693. The predicted molar refractivity (Wildman–Crippen MR) is 79.4 cm³/mol. The van der Waals surface area contributed by atoms with Gasteiger partial charge in [-0.05, 0) is 47.5 Å². The van der Waals surface area contributed by atoms with Gasteiger partial charge in [-0.3, -0.25) is 4.79 Å². The van der Waals surface area contributed by atoms with Crippen molar-refractivity contribution in [1.82, 2.24) is 0 Å². The molecule has 1 aromatic carbocycles. The molecular formula is C15H19BrO4. The van der Waals surface area contributed by atoms with E-state index < -0.39 is 0 Å². The fraction of sp³-hybridized carbons (Fsp3) is 0.533. The number of ether oxygens (including phenoxy) is 3. The lowest BCUT2D eigenvalue weighted by atomic mass is 9.92. The minimum Gasteiger partial charge on any atom is -0.490 e. The first-order chi connectivity index (χ1) is 9.63. The lowest BCUT2D eigenvalue weighted by Crippen LogP contribution is -2.21. The van der Waals surface area contributed by atoms with Gasteiger partial charge in [0.15, 0.2) is 5.78 Å². The number of carbonyl (C=O) groups excluding carboxylic acids is 1. The molecule has 0 N–H and O–H groups in total. The lowest BCUT2D eigenvalue weighted by Gasteiger charge is -2.14. The maximum atomic E-state index is 12.4. The number of carbonyl (C=O) groups is 1. The van der Waals surface area contributed by atoms with Crippen LogP contribution in [0.5, 0.6) is 5.75 Å². The average Bonchev–Trinajstić information content (AvgIpc) is 2.86. The van der Waals surface area contributed by atoms with E-state index in [4.69, 9.17) is 14.2 Å². The van der Waals surface area contributed by atoms with Gasteiger partial charge in [-0.15, -0.1) is 0 Å². The van der Waals surface area contributed by atoms with Gasteiger partial charge < -0.3 is 14.2 Å². The average molecular weight is 343 g/mol. The molecular weight excluding hydrogens is 324 g/mol. The van der Waals surface area contributed by atoms with Gasteiger partial charge in [-0.1, -0.05) is 0 Å². The van der Waals surface area contributed by atoms with Gasteiger partial charge in [0.2, 0.25) is 0 Å². The predicted octanol–water partition coefficient (Wildman–Crippen LogP) is 3.08. The van der Waals surface area contributed by atoms with Crippen LogP contribution in [0.15, 0.2) is 22.7 Å². The van der Waals surface area contributed by atoms with E-state index >= 15 is 0 Å². The largest absolute Gasteiger partial charge is 0.490 e. The van der Waals surface area contributed by atoms with Crippen molar-refractivity contribution in [1.29, 1.82) is 0 Å². The SMILES string of the molecule is COCCOc1ccc(C(=O)C2CCOC2C)cc1Br. The van der Waals surface area contributed by atoms with E-state index in [0.29, 0.717) is 31.1 Å². The second-order valence-electron chi connectivity index (χ2n) is 4.82. The van der Waals surface area contributed by atoms with Crippen LogP contribution in [0, 0.1) is 5.92 Å². The number of rotatable bonds is 6. The van der Waals surface area contributed by atoms with Crippen LogP contribution < -0.4 is 4.74 Å². The Bertz CT molecular complexity index is 475. The maximum absolute atomic E-state index is 12.4. The van der Waals surface area contributed by atoms with Crippen molar-refractivity contribution in [3.8, 4) is 5.75 Å². The highest BCUT2D eigenvalue weighted by Gasteiger charge is 2.31. The molecule has 2 rings (SSSR count). The standard InChI is InChI=1S/C15H19BrO4/c1-10-12(5-6-19-10)15(17)11-3-4-14(13(16)9-11)20-8-7-18-2/h3-4,9-10,12H,5-8H2,1-2H3. The number of hydrogen-bond donors (Lipinski definition) is 0. The minimum atomic E-state index is -0.0397. The normalized spacial score (nSPS) is 21.9. The molecule has 4 nitrogen and oxygen atoms in total. The Labute approximate surface area is 127 Å². The molecule has 110 valence electrons. The molecule has 1 saturated heterocycles. The maximum Gasteiger partial charge on any atom is 0.168 e. The van der Waals surface area contributed by atoms with E-state index in [1.54, 1.807) is 13.2 Å². The van der Waals surface area contributed by atoms with Crippen molar-refractivity contribution in [2.24, 2.45) is 5.92 Å². The number of hydrogen-bond acceptors (Lipinski definition) is 4. The Morgan fingerprint density at radius 1 is 1.45 bits per heavy atom. The van der Waals surface area contributed by atoms with Crippen LogP contribution in [-0.2, 0) is 9.47 Å². The summed E-state index contributed by atoms with van der Waals surface area (Å²) < 4.78 is 16.7. The molecule has 0 aliphatic carbocycles. The summed E-state index contributed by atoms with van der Waals surface area (Å²) in [6.07, 6.45) is 0.794. The van der Waals surface area contributed by atoms with E-state index in [1.807, 2.05) is 19.1 Å². The fourth-order valence-electron chi connectivity index (χ4n) is 2.30. The molecule has 0 radical (unpaired) electrons. The van der Waals surface area contributed by atoms with Gasteiger partial charge in [-0.2, -0.15) is 0 Å². The third kappa shape index (κ3) is 3.59. The molecule has 1 aromatic rings. The van der Waals surface area contributed by atoms with Gasteiger partial charge in [0, 0.05) is 19.3 Å². The van der Waals surface area contributed by atoms with Gasteiger partial charge in [0.25, 0.3) is 0 Å². The minimum absolute atomic E-state index is 0.00101. The van der Waals surface area contributed by atoms with Gasteiger partial charge in [0.1, 0.15) is 12.4 Å². The van der Waals surface area contributed by atoms with Crippen molar-refractivity contribution in [2.45, 2.75) is 19.4 Å². The topological polar surface area (TPSA) is 44.8 Å². The van der Waals surface area contributed by atoms with Gasteiger partial charge in [-0.25, -0.2) is 0 Å².